The van der Waals surface area contributed by atoms with Crippen LogP contribution in [0.3, 0.4) is 0 Å². The average Bonchev–Trinajstić information content (AvgIpc) is 3.10. The molecule has 0 radical (unpaired) electrons. The van der Waals surface area contributed by atoms with E-state index < -0.39 is 17.6 Å². The molecule has 4 rings (SSSR count). The smallest absolute Gasteiger partial charge is 0.341 e. The van der Waals surface area contributed by atoms with E-state index in [4.69, 9.17) is 0 Å². The van der Waals surface area contributed by atoms with Gasteiger partial charge in [0.05, 0.1) is 17.5 Å². The number of hydrogen-bond donors (Lipinski definition) is 1. The van der Waals surface area contributed by atoms with Crippen molar-refractivity contribution >= 4 is 17.9 Å². The zero-order chi connectivity index (χ0) is 19.8. The van der Waals surface area contributed by atoms with Gasteiger partial charge in [0.15, 0.2) is 5.65 Å². The van der Waals surface area contributed by atoms with E-state index in [1.54, 1.807) is 12.1 Å². The third-order valence-electron chi connectivity index (χ3n) is 4.28. The van der Waals surface area contributed by atoms with Crippen LogP contribution in [0.15, 0.2) is 54.9 Å². The topological polar surface area (TPSA) is 84.6 Å². The molecule has 0 spiro atoms. The van der Waals surface area contributed by atoms with E-state index in [9.17, 15) is 23.5 Å². The van der Waals surface area contributed by atoms with Crippen LogP contribution < -0.4 is 0 Å². The van der Waals surface area contributed by atoms with Gasteiger partial charge in [-0.1, -0.05) is 30.3 Å². The normalized spacial score (nSPS) is 10.9. The van der Waals surface area contributed by atoms with Crippen LogP contribution in [0.5, 0.6) is 0 Å². The third kappa shape index (κ3) is 2.81. The maximum Gasteiger partial charge on any atom is 0.341 e. The molecule has 0 fully saturated rings. The quantitative estimate of drug-likeness (QED) is 0.545. The number of benzene rings is 2. The van der Waals surface area contributed by atoms with Gasteiger partial charge in [-0.3, -0.25) is 4.79 Å². The fourth-order valence-electron chi connectivity index (χ4n) is 2.94. The number of halogens is 2. The van der Waals surface area contributed by atoms with Crippen molar-refractivity contribution in [2.75, 3.05) is 0 Å². The van der Waals surface area contributed by atoms with Crippen LogP contribution in [-0.4, -0.2) is 32.0 Å². The van der Waals surface area contributed by atoms with Crippen molar-refractivity contribution < 1.29 is 23.5 Å². The average molecular weight is 379 g/mol. The van der Waals surface area contributed by atoms with E-state index in [1.807, 2.05) is 0 Å². The number of fused-ring (bicyclic) bond motifs is 1. The summed E-state index contributed by atoms with van der Waals surface area (Å²) in [6, 6.07) is 9.69. The van der Waals surface area contributed by atoms with Crippen molar-refractivity contribution in [3.63, 3.8) is 0 Å². The van der Waals surface area contributed by atoms with E-state index >= 15 is 0 Å². The third-order valence-corrected chi connectivity index (χ3v) is 4.28. The SMILES string of the molecule is O=Cc1ccc(-c2nc3c(C(=O)O)cnn3cc2-c2c(F)cccc2F)cc1. The van der Waals surface area contributed by atoms with Crippen molar-refractivity contribution in [1.29, 1.82) is 0 Å². The molecular weight excluding hydrogens is 368 g/mol. The summed E-state index contributed by atoms with van der Waals surface area (Å²) >= 11 is 0. The molecule has 28 heavy (non-hydrogen) atoms. The number of rotatable bonds is 4. The fourth-order valence-corrected chi connectivity index (χ4v) is 2.94. The van der Waals surface area contributed by atoms with Crippen molar-refractivity contribution in [1.82, 2.24) is 14.6 Å². The lowest BCUT2D eigenvalue weighted by atomic mass is 9.99. The molecule has 6 nitrogen and oxygen atoms in total. The molecule has 0 bridgehead atoms. The Morgan fingerprint density at radius 2 is 1.75 bits per heavy atom. The highest BCUT2D eigenvalue weighted by atomic mass is 19.1. The first kappa shape index (κ1) is 17.5. The first-order valence-electron chi connectivity index (χ1n) is 8.11. The summed E-state index contributed by atoms with van der Waals surface area (Å²) in [5.41, 5.74) is 0.716. The minimum absolute atomic E-state index is 0.0301. The molecule has 0 amide bonds. The van der Waals surface area contributed by atoms with Gasteiger partial charge >= 0.3 is 5.97 Å². The standard InChI is InChI=1S/C20H11F2N3O3/c21-15-2-1-3-16(22)17(15)14-9-25-19(13(8-23-25)20(27)28)24-18(14)12-6-4-11(10-26)5-7-12/h1-10H,(H,27,28). The molecule has 0 aliphatic rings. The predicted molar refractivity (Wildman–Crippen MR) is 96.1 cm³/mol. The van der Waals surface area contributed by atoms with E-state index in [0.29, 0.717) is 17.4 Å². The Balaban J connectivity index is 2.07. The molecule has 0 saturated heterocycles. The molecule has 2 heterocycles. The van der Waals surface area contributed by atoms with Gasteiger partial charge in [0.1, 0.15) is 23.5 Å². The molecule has 0 atom stereocenters. The van der Waals surface area contributed by atoms with Crippen molar-refractivity contribution in [2.24, 2.45) is 0 Å². The Morgan fingerprint density at radius 3 is 2.36 bits per heavy atom. The van der Waals surface area contributed by atoms with E-state index in [1.165, 1.54) is 24.4 Å². The number of aromatic nitrogens is 3. The molecular formula is C20H11F2N3O3. The summed E-state index contributed by atoms with van der Waals surface area (Å²) in [4.78, 5) is 26.7. The van der Waals surface area contributed by atoms with Crippen LogP contribution in [0.4, 0.5) is 8.78 Å². The molecule has 0 aliphatic heterocycles. The van der Waals surface area contributed by atoms with Gasteiger partial charge in [-0.05, 0) is 12.1 Å². The molecule has 2 aromatic carbocycles. The zero-order valence-corrected chi connectivity index (χ0v) is 14.1. The van der Waals surface area contributed by atoms with Crippen molar-refractivity contribution in [2.45, 2.75) is 0 Å². The summed E-state index contributed by atoms with van der Waals surface area (Å²) in [5.74, 6) is -2.82. The molecule has 0 unspecified atom stereocenters. The second kappa shape index (κ2) is 6.66. The summed E-state index contributed by atoms with van der Waals surface area (Å²) in [6.07, 6.45) is 3.11. The predicted octanol–water partition coefficient (Wildman–Crippen LogP) is 3.85. The lowest BCUT2D eigenvalue weighted by molar-refractivity contribution is 0.0698. The second-order valence-corrected chi connectivity index (χ2v) is 5.97. The number of carboxylic acid groups (broad SMARTS) is 1. The molecule has 138 valence electrons. The highest BCUT2D eigenvalue weighted by Gasteiger charge is 2.21. The monoisotopic (exact) mass is 379 g/mol. The number of carboxylic acids is 1. The van der Waals surface area contributed by atoms with Crippen molar-refractivity contribution in [3.05, 3.63) is 77.6 Å². The van der Waals surface area contributed by atoms with Crippen LogP contribution in [0.1, 0.15) is 20.7 Å². The van der Waals surface area contributed by atoms with Crippen LogP contribution >= 0.6 is 0 Å². The van der Waals surface area contributed by atoms with Gasteiger partial charge in [0, 0.05) is 22.9 Å². The van der Waals surface area contributed by atoms with Gasteiger partial charge in [-0.15, -0.1) is 0 Å². The van der Waals surface area contributed by atoms with Crippen LogP contribution in [0, 0.1) is 11.6 Å². The van der Waals surface area contributed by atoms with Gasteiger partial charge in [0.2, 0.25) is 0 Å². The van der Waals surface area contributed by atoms with E-state index in [0.717, 1.165) is 22.8 Å². The lowest BCUT2D eigenvalue weighted by Crippen LogP contribution is -2.02. The summed E-state index contributed by atoms with van der Waals surface area (Å²) < 4.78 is 30.1. The van der Waals surface area contributed by atoms with Crippen LogP contribution in [0.2, 0.25) is 0 Å². The number of carbonyl (C=O) groups is 2. The van der Waals surface area contributed by atoms with Gasteiger partial charge in [0.25, 0.3) is 0 Å². The molecule has 2 aromatic heterocycles. The van der Waals surface area contributed by atoms with E-state index in [-0.39, 0.29) is 28.0 Å². The molecule has 0 saturated carbocycles. The maximum absolute atomic E-state index is 14.4. The highest BCUT2D eigenvalue weighted by Crippen LogP contribution is 2.34. The molecule has 4 aromatic rings. The molecule has 8 heteroatoms. The number of carbonyl (C=O) groups excluding carboxylic acids is 1. The minimum atomic E-state index is -1.23. The fraction of sp³-hybridized carbons (Fsp3) is 0. The molecule has 0 aliphatic carbocycles. The Kier molecular flexibility index (Phi) is 4.15. The first-order valence-corrected chi connectivity index (χ1v) is 8.11. The molecule has 1 N–H and O–H groups in total. The van der Waals surface area contributed by atoms with Gasteiger partial charge < -0.3 is 5.11 Å². The van der Waals surface area contributed by atoms with E-state index in [2.05, 4.69) is 10.1 Å². The number of hydrogen-bond acceptors (Lipinski definition) is 4. The number of aldehydes is 1. The van der Waals surface area contributed by atoms with Crippen molar-refractivity contribution in [3.8, 4) is 22.4 Å². The Bertz CT molecular complexity index is 1210. The Morgan fingerprint density at radius 1 is 1.07 bits per heavy atom. The largest absolute Gasteiger partial charge is 0.477 e. The second-order valence-electron chi connectivity index (χ2n) is 5.97. The lowest BCUT2D eigenvalue weighted by Gasteiger charge is -2.12. The Hall–Kier alpha value is -3.94. The van der Waals surface area contributed by atoms with Gasteiger partial charge in [-0.25, -0.2) is 23.1 Å². The van der Waals surface area contributed by atoms with Gasteiger partial charge in [-0.2, -0.15) is 5.10 Å². The highest BCUT2D eigenvalue weighted by molar-refractivity contribution is 5.95. The van der Waals surface area contributed by atoms with Crippen LogP contribution in [-0.2, 0) is 0 Å². The maximum atomic E-state index is 14.4. The summed E-state index contributed by atoms with van der Waals surface area (Å²) in [6.45, 7) is 0. The summed E-state index contributed by atoms with van der Waals surface area (Å²) in [7, 11) is 0. The number of aromatic carboxylic acids is 1. The first-order chi connectivity index (χ1) is 13.5. The zero-order valence-electron chi connectivity index (χ0n) is 14.1. The van der Waals surface area contributed by atoms with Crippen LogP contribution in [0.25, 0.3) is 28.0 Å². The Labute approximate surface area is 156 Å². The minimum Gasteiger partial charge on any atom is -0.477 e. The number of nitrogens with zero attached hydrogens (tertiary/aromatic N) is 3. The summed E-state index contributed by atoms with van der Waals surface area (Å²) in [5, 5.41) is 13.3.